The summed E-state index contributed by atoms with van der Waals surface area (Å²) in [6.45, 7) is 3.37. The van der Waals surface area contributed by atoms with Gasteiger partial charge in [0.25, 0.3) is 0 Å². The molecule has 0 aliphatic carbocycles. The number of nitrogens with one attached hydrogen (secondary N) is 1. The van der Waals surface area contributed by atoms with E-state index < -0.39 is 5.69 Å². The van der Waals surface area contributed by atoms with Crippen LogP contribution in [0.3, 0.4) is 0 Å². The fourth-order valence-electron chi connectivity index (χ4n) is 4.20. The van der Waals surface area contributed by atoms with Crippen LogP contribution in [0.2, 0.25) is 0 Å². The molecule has 3 aromatic rings. The Balaban J connectivity index is 1.51. The first-order chi connectivity index (χ1) is 16.5. The van der Waals surface area contributed by atoms with Crippen molar-refractivity contribution in [3.63, 3.8) is 0 Å². The van der Waals surface area contributed by atoms with Crippen molar-refractivity contribution in [3.05, 3.63) is 70.4 Å². The van der Waals surface area contributed by atoms with Gasteiger partial charge in [-0.15, -0.1) is 0 Å². The third-order valence-corrected chi connectivity index (χ3v) is 5.99. The molecule has 1 N–H and O–H groups in total. The minimum absolute atomic E-state index is 0.146. The first-order valence-corrected chi connectivity index (χ1v) is 11.4. The molecule has 1 fully saturated rings. The van der Waals surface area contributed by atoms with E-state index in [0.29, 0.717) is 43.9 Å². The molecule has 2 aromatic carbocycles. The summed E-state index contributed by atoms with van der Waals surface area (Å²) >= 11 is 0. The highest BCUT2D eigenvalue weighted by Crippen LogP contribution is 2.28. The second-order valence-corrected chi connectivity index (χ2v) is 8.24. The molecule has 0 atom stereocenters. The molecule has 1 aromatic heterocycles. The highest BCUT2D eigenvalue weighted by atomic mass is 19.1. The van der Waals surface area contributed by atoms with E-state index in [1.807, 2.05) is 23.1 Å². The standard InChI is InChI=1S/C25H27FN4O4/c1-2-34-24(32)18-11-13-29(14-12-18)23-20-5-3-4-6-21(20)30(25(33)28-23)16-22(31)27-15-17-7-9-19(26)10-8-17/h3-10,18H,2,11-16H2,1H3,(H,27,31). The van der Waals surface area contributed by atoms with Crippen molar-refractivity contribution in [1.82, 2.24) is 14.9 Å². The highest BCUT2D eigenvalue weighted by Gasteiger charge is 2.28. The number of aromatic nitrogens is 2. The summed E-state index contributed by atoms with van der Waals surface area (Å²) in [5.41, 5.74) is 0.853. The Hall–Kier alpha value is -3.75. The first kappa shape index (κ1) is 23.4. The van der Waals surface area contributed by atoms with Gasteiger partial charge in [0.05, 0.1) is 18.0 Å². The van der Waals surface area contributed by atoms with Crippen molar-refractivity contribution in [2.75, 3.05) is 24.6 Å². The molecule has 34 heavy (non-hydrogen) atoms. The van der Waals surface area contributed by atoms with Gasteiger partial charge >= 0.3 is 11.7 Å². The van der Waals surface area contributed by atoms with Gasteiger partial charge in [-0.05, 0) is 49.6 Å². The van der Waals surface area contributed by atoms with Crippen LogP contribution in [-0.4, -0.2) is 41.1 Å². The largest absolute Gasteiger partial charge is 0.466 e. The fourth-order valence-corrected chi connectivity index (χ4v) is 4.20. The van der Waals surface area contributed by atoms with Crippen LogP contribution in [-0.2, 0) is 27.4 Å². The minimum atomic E-state index is -0.516. The Labute approximate surface area is 196 Å². The fraction of sp³-hybridized carbons (Fsp3) is 0.360. The number of carbonyl (C=O) groups is 2. The lowest BCUT2D eigenvalue weighted by molar-refractivity contribution is -0.148. The van der Waals surface area contributed by atoms with Crippen LogP contribution in [0.25, 0.3) is 10.9 Å². The van der Waals surface area contributed by atoms with E-state index in [2.05, 4.69) is 10.3 Å². The van der Waals surface area contributed by atoms with Gasteiger partial charge in [0, 0.05) is 25.0 Å². The van der Waals surface area contributed by atoms with Crippen LogP contribution in [0, 0.1) is 11.7 Å². The molecule has 1 amide bonds. The predicted octanol–water partition coefficient (Wildman–Crippen LogP) is 2.63. The zero-order valence-corrected chi connectivity index (χ0v) is 19.0. The molecule has 178 valence electrons. The Bertz CT molecular complexity index is 1230. The van der Waals surface area contributed by atoms with Gasteiger partial charge < -0.3 is 15.0 Å². The maximum Gasteiger partial charge on any atom is 0.350 e. The number of halogens is 1. The number of rotatable bonds is 7. The van der Waals surface area contributed by atoms with E-state index in [9.17, 15) is 18.8 Å². The molecular formula is C25H27FN4O4. The molecule has 0 saturated carbocycles. The van der Waals surface area contributed by atoms with Crippen molar-refractivity contribution in [2.24, 2.45) is 5.92 Å². The molecule has 0 radical (unpaired) electrons. The average molecular weight is 467 g/mol. The molecule has 9 heteroatoms. The Kier molecular flexibility index (Phi) is 7.20. The number of benzene rings is 2. The van der Waals surface area contributed by atoms with E-state index >= 15 is 0 Å². The highest BCUT2D eigenvalue weighted by molar-refractivity contribution is 5.91. The number of amides is 1. The molecule has 1 saturated heterocycles. The van der Waals surface area contributed by atoms with Gasteiger partial charge in [-0.1, -0.05) is 24.3 Å². The molecule has 8 nitrogen and oxygen atoms in total. The summed E-state index contributed by atoms with van der Waals surface area (Å²) in [7, 11) is 0. The number of esters is 1. The molecule has 0 unspecified atom stereocenters. The quantitative estimate of drug-likeness (QED) is 0.538. The normalized spacial score (nSPS) is 14.2. The Morgan fingerprint density at radius 3 is 2.53 bits per heavy atom. The molecular weight excluding hydrogens is 439 g/mol. The van der Waals surface area contributed by atoms with Gasteiger partial charge in [0.1, 0.15) is 18.2 Å². The second kappa shape index (κ2) is 10.5. The molecule has 0 spiro atoms. The summed E-state index contributed by atoms with van der Waals surface area (Å²) in [4.78, 5) is 43.9. The third-order valence-electron chi connectivity index (χ3n) is 5.99. The summed E-state index contributed by atoms with van der Waals surface area (Å²) in [5, 5.41) is 3.53. The monoisotopic (exact) mass is 466 g/mol. The number of hydrogen-bond acceptors (Lipinski definition) is 6. The number of anilines is 1. The van der Waals surface area contributed by atoms with Crippen LogP contribution in [0.15, 0.2) is 53.3 Å². The smallest absolute Gasteiger partial charge is 0.350 e. The zero-order chi connectivity index (χ0) is 24.1. The number of hydrogen-bond donors (Lipinski definition) is 1. The number of piperidine rings is 1. The van der Waals surface area contributed by atoms with Crippen LogP contribution in [0.5, 0.6) is 0 Å². The van der Waals surface area contributed by atoms with Crippen molar-refractivity contribution >= 4 is 28.6 Å². The van der Waals surface area contributed by atoms with Gasteiger partial charge in [-0.3, -0.25) is 14.2 Å². The summed E-state index contributed by atoms with van der Waals surface area (Å²) in [6.07, 6.45) is 1.26. The predicted molar refractivity (Wildman–Crippen MR) is 126 cm³/mol. The van der Waals surface area contributed by atoms with E-state index in [1.165, 1.54) is 16.7 Å². The number of carbonyl (C=O) groups excluding carboxylic acids is 2. The van der Waals surface area contributed by atoms with Crippen LogP contribution in [0.1, 0.15) is 25.3 Å². The van der Waals surface area contributed by atoms with Gasteiger partial charge in [-0.25, -0.2) is 9.18 Å². The lowest BCUT2D eigenvalue weighted by Crippen LogP contribution is -2.39. The SMILES string of the molecule is CCOC(=O)C1CCN(c2nc(=O)n(CC(=O)NCc3ccc(F)cc3)c3ccccc23)CC1. The van der Waals surface area contributed by atoms with E-state index in [0.717, 1.165) is 10.9 Å². The first-order valence-electron chi connectivity index (χ1n) is 11.4. The van der Waals surface area contributed by atoms with Crippen molar-refractivity contribution in [2.45, 2.75) is 32.9 Å². The number of ether oxygens (including phenoxy) is 1. The van der Waals surface area contributed by atoms with Crippen LogP contribution >= 0.6 is 0 Å². The van der Waals surface area contributed by atoms with Gasteiger partial charge in [0.2, 0.25) is 5.91 Å². The topological polar surface area (TPSA) is 93.5 Å². The minimum Gasteiger partial charge on any atom is -0.466 e. The molecule has 0 bridgehead atoms. The summed E-state index contributed by atoms with van der Waals surface area (Å²) < 4.78 is 19.6. The summed E-state index contributed by atoms with van der Waals surface area (Å²) in [6, 6.07) is 13.2. The lowest BCUT2D eigenvalue weighted by atomic mass is 9.97. The van der Waals surface area contributed by atoms with Crippen molar-refractivity contribution in [1.29, 1.82) is 0 Å². The molecule has 2 heterocycles. The van der Waals surface area contributed by atoms with Crippen molar-refractivity contribution < 1.29 is 18.7 Å². The van der Waals surface area contributed by atoms with Crippen molar-refractivity contribution in [3.8, 4) is 0 Å². The molecule has 1 aliphatic heterocycles. The third kappa shape index (κ3) is 5.24. The van der Waals surface area contributed by atoms with Crippen LogP contribution < -0.4 is 15.9 Å². The maximum atomic E-state index is 13.1. The van der Waals surface area contributed by atoms with E-state index in [1.54, 1.807) is 25.1 Å². The Morgan fingerprint density at radius 1 is 1.12 bits per heavy atom. The maximum absolute atomic E-state index is 13.1. The molecule has 1 aliphatic rings. The number of para-hydroxylation sites is 1. The van der Waals surface area contributed by atoms with Gasteiger partial charge in [-0.2, -0.15) is 4.98 Å². The second-order valence-electron chi connectivity index (χ2n) is 8.24. The number of nitrogens with zero attached hydrogens (tertiary/aromatic N) is 3. The van der Waals surface area contributed by atoms with Crippen LogP contribution in [0.4, 0.5) is 10.2 Å². The lowest BCUT2D eigenvalue weighted by Gasteiger charge is -2.32. The zero-order valence-electron chi connectivity index (χ0n) is 19.0. The van der Waals surface area contributed by atoms with Gasteiger partial charge in [0.15, 0.2) is 0 Å². The Morgan fingerprint density at radius 2 is 1.82 bits per heavy atom. The van der Waals surface area contributed by atoms with E-state index in [-0.39, 0.29) is 36.7 Å². The van der Waals surface area contributed by atoms with E-state index in [4.69, 9.17) is 4.74 Å². The summed E-state index contributed by atoms with van der Waals surface area (Å²) in [5.74, 6) is -0.452. The average Bonchev–Trinajstić information content (AvgIpc) is 2.85. The number of fused-ring (bicyclic) bond motifs is 1. The molecule has 4 rings (SSSR count).